The van der Waals surface area contributed by atoms with Crippen LogP contribution in [0.15, 0.2) is 97.1 Å². The van der Waals surface area contributed by atoms with E-state index < -0.39 is 12.3 Å². The van der Waals surface area contributed by atoms with Crippen LogP contribution in [0.4, 0.5) is 11.4 Å². The number of amides is 2. The second kappa shape index (κ2) is 10.3. The highest BCUT2D eigenvalue weighted by molar-refractivity contribution is 6.00. The molecular weight excluding hydrogens is 500 g/mol. The van der Waals surface area contributed by atoms with Crippen LogP contribution in [0.2, 0.25) is 0 Å². The maximum Gasteiger partial charge on any atom is 0.256 e. The predicted octanol–water partition coefficient (Wildman–Crippen LogP) is 5.26. The van der Waals surface area contributed by atoms with E-state index in [0.29, 0.717) is 35.3 Å². The lowest BCUT2D eigenvalue weighted by Crippen LogP contribution is -2.42. The minimum Gasteiger partial charge on any atom is -0.361 e. The van der Waals surface area contributed by atoms with Crippen molar-refractivity contribution in [3.8, 4) is 12.1 Å². The van der Waals surface area contributed by atoms with Crippen LogP contribution in [-0.2, 0) is 0 Å². The summed E-state index contributed by atoms with van der Waals surface area (Å²) in [6.07, 6.45) is -0.858. The second-order valence-electron chi connectivity index (χ2n) is 9.64. The van der Waals surface area contributed by atoms with Gasteiger partial charge in [-0.2, -0.15) is 10.5 Å². The molecule has 2 amide bonds. The van der Waals surface area contributed by atoms with Crippen molar-refractivity contribution in [3.63, 3.8) is 0 Å². The van der Waals surface area contributed by atoms with Gasteiger partial charge in [0.25, 0.3) is 11.8 Å². The van der Waals surface area contributed by atoms with Gasteiger partial charge in [-0.25, -0.2) is 0 Å². The molecule has 40 heavy (non-hydrogen) atoms. The minimum absolute atomic E-state index is 0.109. The highest BCUT2D eigenvalue weighted by Crippen LogP contribution is 2.37. The van der Waals surface area contributed by atoms with Gasteiger partial charge in [0.15, 0.2) is 0 Å². The Bertz CT molecular complexity index is 1560. The molecule has 2 aliphatic heterocycles. The van der Waals surface area contributed by atoms with Crippen LogP contribution in [0.25, 0.3) is 0 Å². The van der Waals surface area contributed by atoms with E-state index in [1.807, 2.05) is 72.8 Å². The molecule has 4 aromatic rings. The number of benzene rings is 4. The Morgan fingerprint density at radius 3 is 1.32 bits per heavy atom. The Hall–Kier alpha value is -5.60. The third-order valence-corrected chi connectivity index (χ3v) is 7.33. The summed E-state index contributed by atoms with van der Waals surface area (Å²) in [5, 5.41) is 25.2. The molecule has 8 nitrogen and oxygen atoms in total. The number of carbonyl (C=O) groups is 2. The zero-order chi connectivity index (χ0) is 27.6. The molecular formula is C32H24N6O2. The van der Waals surface area contributed by atoms with Crippen LogP contribution >= 0.6 is 0 Å². The number of nitrogens with one attached hydrogen (secondary N) is 2. The average molecular weight is 525 g/mol. The Morgan fingerprint density at radius 1 is 0.575 bits per heavy atom. The normalized spacial score (nSPS) is 17.1. The highest BCUT2D eigenvalue weighted by atomic mass is 16.2. The topological polar surface area (TPSA) is 112 Å². The SMILES string of the molecule is N#Cc1ccc(N[C@@H]2c3ccccc3C(=O)N2CCN2C(=O)c3ccccc3[C@@H]2Nc2ccc(C#N)cc2)cc1. The first kappa shape index (κ1) is 24.7. The van der Waals surface area contributed by atoms with E-state index in [1.54, 1.807) is 34.1 Å². The lowest BCUT2D eigenvalue weighted by atomic mass is 10.1. The minimum atomic E-state index is -0.429. The van der Waals surface area contributed by atoms with Crippen molar-refractivity contribution in [2.45, 2.75) is 12.3 Å². The molecule has 0 bridgehead atoms. The zero-order valence-electron chi connectivity index (χ0n) is 21.4. The van der Waals surface area contributed by atoms with Crippen molar-refractivity contribution < 1.29 is 9.59 Å². The number of anilines is 2. The van der Waals surface area contributed by atoms with Gasteiger partial charge in [0.05, 0.1) is 23.3 Å². The number of hydrogen-bond acceptors (Lipinski definition) is 6. The van der Waals surface area contributed by atoms with Crippen molar-refractivity contribution in [3.05, 3.63) is 130 Å². The van der Waals surface area contributed by atoms with Gasteiger partial charge in [-0.3, -0.25) is 9.59 Å². The quantitative estimate of drug-likeness (QED) is 0.341. The lowest BCUT2D eigenvalue weighted by molar-refractivity contribution is 0.0634. The molecule has 0 aromatic heterocycles. The molecule has 194 valence electrons. The lowest BCUT2D eigenvalue weighted by Gasteiger charge is -2.32. The highest BCUT2D eigenvalue weighted by Gasteiger charge is 2.40. The summed E-state index contributed by atoms with van der Waals surface area (Å²) in [6.45, 7) is 0.597. The van der Waals surface area contributed by atoms with Crippen LogP contribution < -0.4 is 10.6 Å². The fourth-order valence-electron chi connectivity index (χ4n) is 5.33. The van der Waals surface area contributed by atoms with E-state index in [-0.39, 0.29) is 11.8 Å². The van der Waals surface area contributed by atoms with Crippen LogP contribution in [0.3, 0.4) is 0 Å². The second-order valence-corrected chi connectivity index (χ2v) is 9.64. The number of rotatable bonds is 7. The molecule has 0 spiro atoms. The van der Waals surface area contributed by atoms with Crippen LogP contribution in [-0.4, -0.2) is 34.7 Å². The number of nitriles is 2. The molecule has 0 unspecified atom stereocenters. The fourth-order valence-corrected chi connectivity index (χ4v) is 5.33. The van der Waals surface area contributed by atoms with Crippen LogP contribution in [0.5, 0.6) is 0 Å². The summed E-state index contributed by atoms with van der Waals surface area (Å²) in [7, 11) is 0. The molecule has 2 aliphatic rings. The van der Waals surface area contributed by atoms with Gasteiger partial charge in [-0.1, -0.05) is 36.4 Å². The molecule has 6 rings (SSSR count). The van der Waals surface area contributed by atoms with Crippen molar-refractivity contribution in [2.24, 2.45) is 0 Å². The van der Waals surface area contributed by atoms with Crippen LogP contribution in [0, 0.1) is 22.7 Å². The van der Waals surface area contributed by atoms with Gasteiger partial charge in [0.1, 0.15) is 12.3 Å². The van der Waals surface area contributed by atoms with Crippen LogP contribution in [0.1, 0.15) is 55.3 Å². The first-order valence-corrected chi connectivity index (χ1v) is 12.9. The Kier molecular flexibility index (Phi) is 6.35. The summed E-state index contributed by atoms with van der Waals surface area (Å²) in [4.78, 5) is 30.6. The summed E-state index contributed by atoms with van der Waals surface area (Å²) >= 11 is 0. The smallest absolute Gasteiger partial charge is 0.256 e. The molecule has 4 aromatic carbocycles. The number of carbonyl (C=O) groups excluding carboxylic acids is 2. The molecule has 8 heteroatoms. The van der Waals surface area contributed by atoms with E-state index in [2.05, 4.69) is 22.8 Å². The van der Waals surface area contributed by atoms with Gasteiger partial charge in [-0.15, -0.1) is 0 Å². The van der Waals surface area contributed by atoms with E-state index in [1.165, 1.54) is 0 Å². The maximum atomic E-state index is 13.5. The van der Waals surface area contributed by atoms with Gasteiger partial charge >= 0.3 is 0 Å². The van der Waals surface area contributed by atoms with Crippen molar-refractivity contribution in [1.29, 1.82) is 10.5 Å². The fraction of sp³-hybridized carbons (Fsp3) is 0.125. The molecule has 2 atom stereocenters. The largest absolute Gasteiger partial charge is 0.361 e. The molecule has 0 radical (unpaired) electrons. The van der Waals surface area contributed by atoms with E-state index in [0.717, 1.165) is 22.5 Å². The third-order valence-electron chi connectivity index (χ3n) is 7.33. The van der Waals surface area contributed by atoms with Gasteiger partial charge < -0.3 is 20.4 Å². The van der Waals surface area contributed by atoms with Crippen molar-refractivity contribution >= 4 is 23.2 Å². The van der Waals surface area contributed by atoms with Crippen molar-refractivity contribution in [1.82, 2.24) is 9.80 Å². The van der Waals surface area contributed by atoms with Gasteiger partial charge in [0.2, 0.25) is 0 Å². The number of hydrogen-bond donors (Lipinski definition) is 2. The van der Waals surface area contributed by atoms with Gasteiger partial charge in [-0.05, 0) is 60.7 Å². The molecule has 0 fully saturated rings. The monoisotopic (exact) mass is 524 g/mol. The molecule has 0 saturated heterocycles. The molecule has 2 heterocycles. The number of fused-ring (bicyclic) bond motifs is 2. The Balaban J connectivity index is 1.27. The average Bonchev–Trinajstić information content (AvgIpc) is 3.42. The Morgan fingerprint density at radius 2 is 0.950 bits per heavy atom. The summed E-state index contributed by atoms with van der Waals surface area (Å²) in [6, 6.07) is 33.4. The zero-order valence-corrected chi connectivity index (χ0v) is 21.4. The predicted molar refractivity (Wildman–Crippen MR) is 150 cm³/mol. The van der Waals surface area contributed by atoms with E-state index in [4.69, 9.17) is 10.5 Å². The molecule has 2 N–H and O–H groups in total. The van der Waals surface area contributed by atoms with Gasteiger partial charge in [0, 0.05) is 46.7 Å². The maximum absolute atomic E-state index is 13.5. The molecule has 0 saturated carbocycles. The summed E-state index contributed by atoms with van der Waals surface area (Å²) in [5.41, 5.74) is 5.64. The third kappa shape index (κ3) is 4.38. The number of nitrogens with zero attached hydrogens (tertiary/aromatic N) is 4. The summed E-state index contributed by atoms with van der Waals surface area (Å²) < 4.78 is 0. The Labute approximate surface area is 231 Å². The van der Waals surface area contributed by atoms with Crippen molar-refractivity contribution in [2.75, 3.05) is 23.7 Å². The van der Waals surface area contributed by atoms with E-state index in [9.17, 15) is 9.59 Å². The van der Waals surface area contributed by atoms with E-state index >= 15 is 0 Å². The summed E-state index contributed by atoms with van der Waals surface area (Å²) in [5.74, 6) is -0.218. The molecule has 0 aliphatic carbocycles. The standard InChI is InChI=1S/C32H24N6O2/c33-19-21-9-13-23(14-10-21)35-29-25-5-1-3-7-27(25)31(39)37(29)17-18-38-30(26-6-2-4-8-28(26)32(38)40)36-24-15-11-22(20-34)12-16-24/h1-16,29-30,35-36H,17-18H2/t29-,30+. The first-order chi connectivity index (χ1) is 19.6. The first-order valence-electron chi connectivity index (χ1n) is 12.9.